The van der Waals surface area contributed by atoms with E-state index in [1.807, 2.05) is 0 Å². The van der Waals surface area contributed by atoms with E-state index in [0.717, 1.165) is 11.1 Å². The number of anilines is 1. The minimum Gasteiger partial charge on any atom is -0.375 e. The van der Waals surface area contributed by atoms with E-state index in [2.05, 4.69) is 0 Å². The third kappa shape index (κ3) is 2.60. The monoisotopic (exact) mass is 283 g/mol. The van der Waals surface area contributed by atoms with Crippen molar-refractivity contribution in [2.24, 2.45) is 0 Å². The molecule has 0 unspecified atom stereocenters. The second-order valence-electron chi connectivity index (χ2n) is 4.18. The first-order valence-corrected chi connectivity index (χ1v) is 6.17. The first-order chi connectivity index (χ1) is 8.49. The predicted octanol–water partition coefficient (Wildman–Crippen LogP) is 4.87. The highest BCUT2D eigenvalue weighted by Crippen LogP contribution is 2.33. The molecule has 94 valence electrons. The summed E-state index contributed by atoms with van der Waals surface area (Å²) in [7, 11) is 3.59. The smallest absolute Gasteiger partial charge is 0.146 e. The lowest BCUT2D eigenvalue weighted by Crippen LogP contribution is -2.10. The average Bonchev–Trinajstić information content (AvgIpc) is 2.33. The maximum atomic E-state index is 13.6. The summed E-state index contributed by atoms with van der Waals surface area (Å²) in [5, 5.41) is 1.20. The highest BCUT2D eigenvalue weighted by molar-refractivity contribution is 6.35. The molecule has 0 amide bonds. The van der Waals surface area contributed by atoms with Gasteiger partial charge in [0.05, 0.1) is 5.69 Å². The lowest BCUT2D eigenvalue weighted by atomic mass is 10.0. The lowest BCUT2D eigenvalue weighted by Gasteiger charge is -2.15. The van der Waals surface area contributed by atoms with Crippen LogP contribution in [0.5, 0.6) is 0 Å². The van der Waals surface area contributed by atoms with Crippen LogP contribution >= 0.6 is 23.2 Å². The van der Waals surface area contributed by atoms with E-state index in [9.17, 15) is 4.39 Å². The van der Waals surface area contributed by atoms with Crippen LogP contribution < -0.4 is 4.90 Å². The standard InChI is InChI=1S/C14H12Cl2FN/c1-18(2)14-7-9(3-6-13(14)17)11-8-10(15)4-5-12(11)16/h3-8H,1-2H3. The highest BCUT2D eigenvalue weighted by Gasteiger charge is 2.09. The molecule has 0 saturated carbocycles. The van der Waals surface area contributed by atoms with E-state index < -0.39 is 0 Å². The van der Waals surface area contributed by atoms with Gasteiger partial charge in [0.25, 0.3) is 0 Å². The van der Waals surface area contributed by atoms with Gasteiger partial charge >= 0.3 is 0 Å². The molecule has 0 aliphatic rings. The first-order valence-electron chi connectivity index (χ1n) is 5.41. The number of rotatable bonds is 2. The molecule has 0 aliphatic heterocycles. The third-order valence-corrected chi connectivity index (χ3v) is 3.23. The second-order valence-corrected chi connectivity index (χ2v) is 5.03. The van der Waals surface area contributed by atoms with Crippen molar-refractivity contribution in [3.05, 3.63) is 52.3 Å². The Morgan fingerprint density at radius 2 is 1.72 bits per heavy atom. The number of nitrogens with zero attached hydrogens (tertiary/aromatic N) is 1. The summed E-state index contributed by atoms with van der Waals surface area (Å²) >= 11 is 12.1. The number of hydrogen-bond acceptors (Lipinski definition) is 1. The SMILES string of the molecule is CN(C)c1cc(-c2cc(Cl)ccc2Cl)ccc1F. The van der Waals surface area contributed by atoms with Crippen molar-refractivity contribution < 1.29 is 4.39 Å². The van der Waals surface area contributed by atoms with Crippen molar-refractivity contribution in [3.8, 4) is 11.1 Å². The molecule has 0 fully saturated rings. The van der Waals surface area contributed by atoms with Crippen LogP contribution in [0.4, 0.5) is 10.1 Å². The van der Waals surface area contributed by atoms with Gasteiger partial charge in [-0.2, -0.15) is 0 Å². The molecule has 0 saturated heterocycles. The van der Waals surface area contributed by atoms with Gasteiger partial charge in [-0.3, -0.25) is 0 Å². The van der Waals surface area contributed by atoms with Crippen molar-refractivity contribution in [2.75, 3.05) is 19.0 Å². The van der Waals surface area contributed by atoms with Gasteiger partial charge in [0.15, 0.2) is 0 Å². The topological polar surface area (TPSA) is 3.24 Å². The van der Waals surface area contributed by atoms with Crippen LogP contribution in [0.25, 0.3) is 11.1 Å². The van der Waals surface area contributed by atoms with Crippen LogP contribution in [0.3, 0.4) is 0 Å². The Morgan fingerprint density at radius 1 is 1.00 bits per heavy atom. The average molecular weight is 284 g/mol. The van der Waals surface area contributed by atoms with Gasteiger partial charge in [-0.05, 0) is 35.9 Å². The van der Waals surface area contributed by atoms with Crippen LogP contribution in [0.15, 0.2) is 36.4 Å². The molecule has 4 heteroatoms. The number of halogens is 3. The predicted molar refractivity (Wildman–Crippen MR) is 76.2 cm³/mol. The Labute approximate surface area is 116 Å². The van der Waals surface area contributed by atoms with Gasteiger partial charge < -0.3 is 4.90 Å². The van der Waals surface area contributed by atoms with Crippen molar-refractivity contribution in [3.63, 3.8) is 0 Å². The molecular weight excluding hydrogens is 272 g/mol. The minimum absolute atomic E-state index is 0.262. The summed E-state index contributed by atoms with van der Waals surface area (Å²) in [5.41, 5.74) is 2.16. The molecule has 0 aromatic heterocycles. The Morgan fingerprint density at radius 3 is 2.39 bits per heavy atom. The van der Waals surface area contributed by atoms with Gasteiger partial charge in [-0.1, -0.05) is 29.3 Å². The lowest BCUT2D eigenvalue weighted by molar-refractivity contribution is 0.626. The summed E-state index contributed by atoms with van der Waals surface area (Å²) in [6.07, 6.45) is 0. The van der Waals surface area contributed by atoms with Gasteiger partial charge in [0.2, 0.25) is 0 Å². The fourth-order valence-corrected chi connectivity index (χ4v) is 2.14. The van der Waals surface area contributed by atoms with Crippen molar-refractivity contribution in [1.82, 2.24) is 0 Å². The summed E-state index contributed by atoms with van der Waals surface area (Å²) in [4.78, 5) is 1.72. The Bertz CT molecular complexity index is 582. The Balaban J connectivity index is 2.57. The molecule has 2 rings (SSSR count). The molecule has 0 heterocycles. The number of hydrogen-bond donors (Lipinski definition) is 0. The molecule has 0 radical (unpaired) electrons. The summed E-state index contributed by atoms with van der Waals surface area (Å²) in [6, 6.07) is 10.1. The Kier molecular flexibility index (Phi) is 3.79. The largest absolute Gasteiger partial charge is 0.375 e. The fourth-order valence-electron chi connectivity index (χ4n) is 1.74. The van der Waals surface area contributed by atoms with E-state index in [4.69, 9.17) is 23.2 Å². The zero-order valence-corrected chi connectivity index (χ0v) is 11.6. The fraction of sp³-hybridized carbons (Fsp3) is 0.143. The van der Waals surface area contributed by atoms with Gasteiger partial charge in [0, 0.05) is 29.7 Å². The van der Waals surface area contributed by atoms with Crippen LogP contribution in [-0.4, -0.2) is 14.1 Å². The van der Waals surface area contributed by atoms with Crippen LogP contribution in [0.2, 0.25) is 10.0 Å². The normalized spacial score (nSPS) is 10.5. The van der Waals surface area contributed by atoms with Crippen molar-refractivity contribution in [2.45, 2.75) is 0 Å². The molecule has 0 atom stereocenters. The third-order valence-electron chi connectivity index (χ3n) is 2.67. The summed E-state index contributed by atoms with van der Waals surface area (Å²) in [6.45, 7) is 0. The molecule has 0 bridgehead atoms. The quantitative estimate of drug-likeness (QED) is 0.760. The molecule has 18 heavy (non-hydrogen) atoms. The zero-order valence-electron chi connectivity index (χ0n) is 10.0. The molecule has 0 N–H and O–H groups in total. The highest BCUT2D eigenvalue weighted by atomic mass is 35.5. The maximum absolute atomic E-state index is 13.6. The molecule has 0 spiro atoms. The van der Waals surface area contributed by atoms with Crippen molar-refractivity contribution >= 4 is 28.9 Å². The molecule has 1 nitrogen and oxygen atoms in total. The second kappa shape index (κ2) is 5.17. The molecule has 2 aromatic carbocycles. The van der Waals surface area contributed by atoms with E-state index in [1.54, 1.807) is 49.3 Å². The zero-order chi connectivity index (χ0) is 13.3. The van der Waals surface area contributed by atoms with E-state index in [-0.39, 0.29) is 5.82 Å². The van der Waals surface area contributed by atoms with Crippen LogP contribution in [0, 0.1) is 5.82 Å². The van der Waals surface area contributed by atoms with E-state index in [0.29, 0.717) is 15.7 Å². The van der Waals surface area contributed by atoms with Crippen LogP contribution in [-0.2, 0) is 0 Å². The summed E-state index contributed by atoms with van der Waals surface area (Å²) in [5.74, 6) is -0.262. The molecule has 2 aromatic rings. The van der Waals surface area contributed by atoms with Crippen LogP contribution in [0.1, 0.15) is 0 Å². The van der Waals surface area contributed by atoms with Crippen molar-refractivity contribution in [1.29, 1.82) is 0 Å². The summed E-state index contributed by atoms with van der Waals surface area (Å²) < 4.78 is 13.6. The number of benzene rings is 2. The van der Waals surface area contributed by atoms with Gasteiger partial charge in [-0.25, -0.2) is 4.39 Å². The van der Waals surface area contributed by atoms with E-state index >= 15 is 0 Å². The Hall–Kier alpha value is -1.25. The molecular formula is C14H12Cl2FN. The van der Waals surface area contributed by atoms with E-state index in [1.165, 1.54) is 6.07 Å². The first kappa shape index (κ1) is 13.2. The minimum atomic E-state index is -0.262. The van der Waals surface area contributed by atoms with Gasteiger partial charge in [0.1, 0.15) is 5.82 Å². The maximum Gasteiger partial charge on any atom is 0.146 e. The van der Waals surface area contributed by atoms with Gasteiger partial charge in [-0.15, -0.1) is 0 Å². The molecule has 0 aliphatic carbocycles.